The minimum atomic E-state index is -0.148. The van der Waals surface area contributed by atoms with Crippen molar-refractivity contribution in [2.75, 3.05) is 19.6 Å². The molecule has 0 saturated carbocycles. The first kappa shape index (κ1) is 16.8. The highest BCUT2D eigenvalue weighted by Crippen LogP contribution is 2.25. The molecule has 1 atom stereocenters. The molecule has 24 heavy (non-hydrogen) atoms. The van der Waals surface area contributed by atoms with E-state index >= 15 is 0 Å². The molecule has 1 aromatic carbocycles. The van der Waals surface area contributed by atoms with Gasteiger partial charge < -0.3 is 15.5 Å². The van der Waals surface area contributed by atoms with E-state index in [4.69, 9.17) is 0 Å². The SMILES string of the molecule is CCC(=O)N1CC[C@H](NC(=O)NCCc2csc3ccccc23)C1. The quantitative estimate of drug-likeness (QED) is 0.875. The molecule has 3 rings (SSSR count). The summed E-state index contributed by atoms with van der Waals surface area (Å²) in [6, 6.07) is 8.24. The standard InChI is InChI=1S/C18H23N3O2S/c1-2-17(22)21-10-8-14(11-21)20-18(23)19-9-7-13-12-24-16-6-4-3-5-15(13)16/h3-6,12,14H,2,7-11H2,1H3,(H2,19,20,23)/t14-/m0/s1. The van der Waals surface area contributed by atoms with Gasteiger partial charge in [-0.15, -0.1) is 11.3 Å². The summed E-state index contributed by atoms with van der Waals surface area (Å²) in [5, 5.41) is 9.32. The van der Waals surface area contributed by atoms with E-state index in [1.54, 1.807) is 11.3 Å². The Bertz CT molecular complexity index is 728. The molecule has 0 spiro atoms. The highest BCUT2D eigenvalue weighted by atomic mass is 32.1. The number of hydrogen-bond acceptors (Lipinski definition) is 3. The minimum Gasteiger partial charge on any atom is -0.341 e. The number of nitrogens with one attached hydrogen (secondary N) is 2. The number of fused-ring (bicyclic) bond motifs is 1. The van der Waals surface area contributed by atoms with E-state index in [2.05, 4.69) is 28.1 Å². The second kappa shape index (κ2) is 7.66. The van der Waals surface area contributed by atoms with Crippen LogP contribution in [0.4, 0.5) is 4.79 Å². The number of urea groups is 1. The average Bonchev–Trinajstić information content (AvgIpc) is 3.22. The molecule has 0 unspecified atom stereocenters. The van der Waals surface area contributed by atoms with Crippen LogP contribution in [0, 0.1) is 0 Å². The molecule has 3 amide bonds. The van der Waals surface area contributed by atoms with E-state index in [1.165, 1.54) is 15.6 Å². The second-order valence-corrected chi connectivity index (χ2v) is 7.00. The van der Waals surface area contributed by atoms with Gasteiger partial charge in [0.25, 0.3) is 0 Å². The topological polar surface area (TPSA) is 61.4 Å². The Balaban J connectivity index is 1.42. The predicted molar refractivity (Wildman–Crippen MR) is 97.3 cm³/mol. The van der Waals surface area contributed by atoms with Crippen molar-refractivity contribution in [2.45, 2.75) is 32.2 Å². The normalized spacial score (nSPS) is 17.2. The van der Waals surface area contributed by atoms with Crippen molar-refractivity contribution in [2.24, 2.45) is 0 Å². The molecule has 0 aliphatic carbocycles. The zero-order valence-corrected chi connectivity index (χ0v) is 14.7. The van der Waals surface area contributed by atoms with Gasteiger partial charge in [-0.3, -0.25) is 4.79 Å². The van der Waals surface area contributed by atoms with E-state index in [0.29, 0.717) is 19.5 Å². The summed E-state index contributed by atoms with van der Waals surface area (Å²) in [5.41, 5.74) is 1.27. The molecule has 128 valence electrons. The van der Waals surface area contributed by atoms with Crippen LogP contribution in [-0.4, -0.2) is 42.5 Å². The zero-order valence-electron chi connectivity index (χ0n) is 13.9. The molecule has 1 aliphatic heterocycles. The van der Waals surface area contributed by atoms with Gasteiger partial charge >= 0.3 is 6.03 Å². The van der Waals surface area contributed by atoms with Crippen molar-refractivity contribution in [3.63, 3.8) is 0 Å². The molecule has 0 radical (unpaired) electrons. The Kier molecular flexibility index (Phi) is 5.35. The summed E-state index contributed by atoms with van der Waals surface area (Å²) in [5.74, 6) is 0.157. The Labute approximate surface area is 146 Å². The first-order chi connectivity index (χ1) is 11.7. The largest absolute Gasteiger partial charge is 0.341 e. The van der Waals surface area contributed by atoms with Gasteiger partial charge in [-0.1, -0.05) is 25.1 Å². The van der Waals surface area contributed by atoms with E-state index in [0.717, 1.165) is 19.4 Å². The van der Waals surface area contributed by atoms with Gasteiger partial charge in [0, 0.05) is 36.8 Å². The van der Waals surface area contributed by atoms with Crippen LogP contribution >= 0.6 is 11.3 Å². The number of carbonyl (C=O) groups is 2. The van der Waals surface area contributed by atoms with Crippen molar-refractivity contribution in [1.82, 2.24) is 15.5 Å². The Hall–Kier alpha value is -2.08. The molecule has 6 heteroatoms. The maximum absolute atomic E-state index is 12.0. The number of nitrogens with zero attached hydrogens (tertiary/aromatic N) is 1. The van der Waals surface area contributed by atoms with Crippen molar-refractivity contribution < 1.29 is 9.59 Å². The average molecular weight is 345 g/mol. The summed E-state index contributed by atoms with van der Waals surface area (Å²) < 4.78 is 1.28. The molecule has 0 bridgehead atoms. The number of hydrogen-bond donors (Lipinski definition) is 2. The van der Waals surface area contributed by atoms with Crippen LogP contribution in [0.2, 0.25) is 0 Å². The van der Waals surface area contributed by atoms with E-state index in [1.807, 2.05) is 24.0 Å². The summed E-state index contributed by atoms with van der Waals surface area (Å²) in [6.07, 6.45) is 2.17. The van der Waals surface area contributed by atoms with Gasteiger partial charge in [-0.05, 0) is 35.2 Å². The fraction of sp³-hybridized carbons (Fsp3) is 0.444. The Morgan fingerprint density at radius 2 is 2.17 bits per heavy atom. The van der Waals surface area contributed by atoms with Gasteiger partial charge in [0.2, 0.25) is 5.91 Å². The van der Waals surface area contributed by atoms with Crippen LogP contribution in [0.1, 0.15) is 25.3 Å². The molecular weight excluding hydrogens is 322 g/mol. The smallest absolute Gasteiger partial charge is 0.315 e. The van der Waals surface area contributed by atoms with Crippen LogP contribution in [0.15, 0.2) is 29.6 Å². The molecule has 2 heterocycles. The van der Waals surface area contributed by atoms with E-state index < -0.39 is 0 Å². The summed E-state index contributed by atoms with van der Waals surface area (Å²) in [4.78, 5) is 25.5. The lowest BCUT2D eigenvalue weighted by atomic mass is 10.1. The predicted octanol–water partition coefficient (Wildman–Crippen LogP) is 2.75. The monoisotopic (exact) mass is 345 g/mol. The van der Waals surface area contributed by atoms with Crippen LogP contribution in [0.5, 0.6) is 0 Å². The number of benzene rings is 1. The van der Waals surface area contributed by atoms with Gasteiger partial charge in [-0.2, -0.15) is 0 Å². The van der Waals surface area contributed by atoms with Gasteiger partial charge in [0.05, 0.1) is 0 Å². The third-order valence-corrected chi connectivity index (χ3v) is 5.43. The van der Waals surface area contributed by atoms with Gasteiger partial charge in [0.15, 0.2) is 0 Å². The Morgan fingerprint density at radius 1 is 1.33 bits per heavy atom. The van der Waals surface area contributed by atoms with Crippen LogP contribution in [-0.2, 0) is 11.2 Å². The molecule has 1 aromatic heterocycles. The number of amides is 3. The second-order valence-electron chi connectivity index (χ2n) is 6.09. The summed E-state index contributed by atoms with van der Waals surface area (Å²) in [6.45, 7) is 3.83. The molecule has 1 aliphatic rings. The molecule has 2 N–H and O–H groups in total. The maximum Gasteiger partial charge on any atom is 0.315 e. The number of carbonyl (C=O) groups excluding carboxylic acids is 2. The number of likely N-dealkylation sites (tertiary alicyclic amines) is 1. The van der Waals surface area contributed by atoms with Crippen LogP contribution in [0.3, 0.4) is 0 Å². The first-order valence-corrected chi connectivity index (χ1v) is 9.32. The lowest BCUT2D eigenvalue weighted by Crippen LogP contribution is -2.44. The fourth-order valence-electron chi connectivity index (χ4n) is 3.10. The summed E-state index contributed by atoms with van der Waals surface area (Å²) >= 11 is 1.74. The minimum absolute atomic E-state index is 0.0578. The van der Waals surface area contributed by atoms with Gasteiger partial charge in [-0.25, -0.2) is 4.79 Å². The lowest BCUT2D eigenvalue weighted by molar-refractivity contribution is -0.129. The third-order valence-electron chi connectivity index (χ3n) is 4.42. The zero-order chi connectivity index (χ0) is 16.9. The van der Waals surface area contributed by atoms with E-state index in [9.17, 15) is 9.59 Å². The van der Waals surface area contributed by atoms with Crippen molar-refractivity contribution in [1.29, 1.82) is 0 Å². The van der Waals surface area contributed by atoms with Crippen molar-refractivity contribution in [3.05, 3.63) is 35.2 Å². The highest BCUT2D eigenvalue weighted by molar-refractivity contribution is 7.17. The molecule has 1 saturated heterocycles. The molecule has 2 aromatic rings. The first-order valence-electron chi connectivity index (χ1n) is 8.44. The van der Waals surface area contributed by atoms with Gasteiger partial charge in [0.1, 0.15) is 0 Å². The van der Waals surface area contributed by atoms with Crippen molar-refractivity contribution in [3.8, 4) is 0 Å². The fourth-order valence-corrected chi connectivity index (χ4v) is 4.10. The summed E-state index contributed by atoms with van der Waals surface area (Å²) in [7, 11) is 0. The molecular formula is C18H23N3O2S. The highest BCUT2D eigenvalue weighted by Gasteiger charge is 2.26. The van der Waals surface area contributed by atoms with Crippen LogP contribution < -0.4 is 10.6 Å². The number of rotatable bonds is 5. The molecule has 1 fully saturated rings. The Morgan fingerprint density at radius 3 is 3.00 bits per heavy atom. The third kappa shape index (κ3) is 3.87. The van der Waals surface area contributed by atoms with Crippen molar-refractivity contribution >= 4 is 33.4 Å². The molecule has 5 nitrogen and oxygen atoms in total. The van der Waals surface area contributed by atoms with Crippen LogP contribution in [0.25, 0.3) is 10.1 Å². The lowest BCUT2D eigenvalue weighted by Gasteiger charge is -2.16. The van der Waals surface area contributed by atoms with E-state index in [-0.39, 0.29) is 18.0 Å². The number of thiophene rings is 1. The maximum atomic E-state index is 12.0.